The van der Waals surface area contributed by atoms with Crippen LogP contribution in [0.3, 0.4) is 0 Å². The lowest BCUT2D eigenvalue weighted by Crippen LogP contribution is -2.56. The van der Waals surface area contributed by atoms with Crippen LogP contribution in [0, 0.1) is 0 Å². The largest absolute Gasteiger partial charge is 0.448 e. The molecule has 1 N–H and O–H groups in total. The average Bonchev–Trinajstić information content (AvgIpc) is 3.14. The molecule has 2 aromatic carbocycles. The zero-order valence-electron chi connectivity index (χ0n) is 19.6. The molecule has 0 amide bonds. The summed E-state index contributed by atoms with van der Waals surface area (Å²) < 4.78 is 34.3. The number of hydrogen-bond acceptors (Lipinski definition) is 7. The van der Waals surface area contributed by atoms with Gasteiger partial charge in [0.1, 0.15) is 0 Å². The van der Waals surface area contributed by atoms with E-state index in [-0.39, 0.29) is 21.1 Å². The first kappa shape index (κ1) is 26.5. The molecule has 11 heteroatoms. The third-order valence-corrected chi connectivity index (χ3v) is 6.95. The maximum atomic E-state index is 16.5. The molecule has 1 aromatic heterocycles. The summed E-state index contributed by atoms with van der Waals surface area (Å²) in [5.74, 6) is -4.52. The number of hydrogen-bond donors (Lipinski definition) is 1. The van der Waals surface area contributed by atoms with E-state index in [1.807, 2.05) is 0 Å². The van der Waals surface area contributed by atoms with E-state index in [0.717, 1.165) is 16.8 Å². The molecule has 2 heterocycles. The molecule has 4 atom stereocenters. The number of rotatable bonds is 7. The summed E-state index contributed by atoms with van der Waals surface area (Å²) in [5, 5.41) is 0. The number of nitrogens with one attached hydrogen (secondary N) is 1. The smallest absolute Gasteiger partial charge is 0.339 e. The molecule has 0 unspecified atom stereocenters. The Bertz CT molecular complexity index is 1440. The zero-order valence-corrected chi connectivity index (χ0v) is 21.7. The maximum absolute atomic E-state index is 16.5. The molecule has 1 fully saturated rings. The molecule has 0 aliphatic carbocycles. The summed E-state index contributed by atoms with van der Waals surface area (Å²) in [6.45, 7) is 5.34. The molecule has 4 rings (SSSR count). The van der Waals surface area contributed by atoms with E-state index in [9.17, 15) is 19.2 Å². The molecule has 0 radical (unpaired) electrons. The molecule has 37 heavy (non-hydrogen) atoms. The van der Waals surface area contributed by atoms with Gasteiger partial charge in [-0.05, 0) is 36.8 Å². The van der Waals surface area contributed by atoms with Crippen LogP contribution in [0.1, 0.15) is 33.9 Å². The molecule has 1 aliphatic rings. The number of benzene rings is 2. The van der Waals surface area contributed by atoms with Gasteiger partial charge in [0.2, 0.25) is 11.7 Å². The van der Waals surface area contributed by atoms with E-state index in [2.05, 4.69) is 11.6 Å². The average molecular weight is 620 g/mol. The summed E-state index contributed by atoms with van der Waals surface area (Å²) in [5.41, 5.74) is -3.59. The predicted octanol–water partition coefficient (Wildman–Crippen LogP) is 3.56. The molecule has 192 valence electrons. The second kappa shape index (κ2) is 10.4. The van der Waals surface area contributed by atoms with Crippen molar-refractivity contribution in [3.63, 3.8) is 0 Å². The third kappa shape index (κ3) is 4.88. The van der Waals surface area contributed by atoms with Gasteiger partial charge in [0.05, 0.1) is 15.6 Å². The van der Waals surface area contributed by atoms with Crippen LogP contribution in [0.2, 0.25) is 0 Å². The van der Waals surface area contributed by atoms with Crippen molar-refractivity contribution in [2.45, 2.75) is 30.7 Å². The van der Waals surface area contributed by atoms with Gasteiger partial charge < -0.3 is 14.2 Å². The topological polar surface area (TPSA) is 117 Å². The maximum Gasteiger partial charge on any atom is 0.339 e. The summed E-state index contributed by atoms with van der Waals surface area (Å²) in [6.07, 6.45) is -2.48. The molecule has 0 saturated carbocycles. The number of alkyl halides is 2. The lowest BCUT2D eigenvalue weighted by Gasteiger charge is -2.38. The van der Waals surface area contributed by atoms with E-state index in [4.69, 9.17) is 14.2 Å². The third-order valence-electron chi connectivity index (χ3n) is 5.91. The highest BCUT2D eigenvalue weighted by atomic mass is 127. The number of carbonyl (C=O) groups excluding carboxylic acids is 2. The summed E-state index contributed by atoms with van der Waals surface area (Å²) in [4.78, 5) is 52.9. The highest BCUT2D eigenvalue weighted by Gasteiger charge is 2.71. The van der Waals surface area contributed by atoms with Gasteiger partial charge in [0.15, 0.2) is 6.23 Å². The molecular weight excluding hydrogens is 598 g/mol. The van der Waals surface area contributed by atoms with E-state index in [1.54, 1.807) is 59.0 Å². The van der Waals surface area contributed by atoms with Crippen LogP contribution in [0.5, 0.6) is 0 Å². The van der Waals surface area contributed by atoms with Crippen molar-refractivity contribution in [2.75, 3.05) is 4.43 Å². The number of carbonyl (C=O) groups is 2. The number of esters is 2. The predicted molar refractivity (Wildman–Crippen MR) is 139 cm³/mol. The SMILES string of the molecule is C=C(C)[C@]1(OC(=O)c2ccccc2)[C@H](n2ccc(=O)[nH]c2=O)O[C@](F)(CI)[C@H]1OC(=O)c1ccccc1. The van der Waals surface area contributed by atoms with E-state index in [0.29, 0.717) is 0 Å². The van der Waals surface area contributed by atoms with E-state index < -0.39 is 47.0 Å². The normalized spacial score (nSPS) is 24.8. The van der Waals surface area contributed by atoms with Crippen molar-refractivity contribution >= 4 is 34.5 Å². The van der Waals surface area contributed by atoms with Crippen molar-refractivity contribution in [2.24, 2.45) is 0 Å². The van der Waals surface area contributed by atoms with Crippen molar-refractivity contribution in [3.8, 4) is 0 Å². The Kier molecular flexibility index (Phi) is 7.46. The van der Waals surface area contributed by atoms with Gasteiger partial charge in [-0.2, -0.15) is 0 Å². The van der Waals surface area contributed by atoms with Crippen LogP contribution < -0.4 is 11.2 Å². The first-order valence-corrected chi connectivity index (χ1v) is 12.6. The first-order valence-electron chi connectivity index (χ1n) is 11.1. The Hall–Kier alpha value is -3.58. The Morgan fingerprint density at radius 2 is 1.62 bits per heavy atom. The van der Waals surface area contributed by atoms with Crippen molar-refractivity contribution in [1.29, 1.82) is 0 Å². The fourth-order valence-electron chi connectivity index (χ4n) is 4.10. The molecule has 0 spiro atoms. The highest BCUT2D eigenvalue weighted by molar-refractivity contribution is 14.1. The fourth-order valence-corrected chi connectivity index (χ4v) is 4.68. The van der Waals surface area contributed by atoms with Crippen LogP contribution >= 0.6 is 22.6 Å². The summed E-state index contributed by atoms with van der Waals surface area (Å²) in [6, 6.07) is 16.8. The van der Waals surface area contributed by atoms with Gasteiger partial charge in [-0.1, -0.05) is 65.6 Å². The molecule has 1 aliphatic heterocycles. The minimum atomic E-state index is -2.72. The number of aromatic nitrogens is 2. The Labute approximate surface area is 224 Å². The van der Waals surface area contributed by atoms with E-state index in [1.165, 1.54) is 31.2 Å². The Balaban J connectivity index is 1.91. The fraction of sp³-hybridized carbons (Fsp3) is 0.231. The quantitative estimate of drug-likeness (QED) is 0.186. The lowest BCUT2D eigenvalue weighted by molar-refractivity contribution is -0.170. The van der Waals surface area contributed by atoms with Gasteiger partial charge in [0.25, 0.3) is 11.4 Å². The zero-order chi connectivity index (χ0) is 26.8. The first-order chi connectivity index (χ1) is 17.6. The molecule has 1 saturated heterocycles. The Morgan fingerprint density at radius 3 is 2.14 bits per heavy atom. The lowest BCUT2D eigenvalue weighted by atomic mass is 9.86. The van der Waals surface area contributed by atoms with Crippen molar-refractivity contribution < 1.29 is 28.2 Å². The monoisotopic (exact) mass is 620 g/mol. The van der Waals surface area contributed by atoms with Crippen molar-refractivity contribution in [3.05, 3.63) is 117 Å². The van der Waals surface area contributed by atoms with Gasteiger partial charge in [-0.25, -0.2) is 18.8 Å². The van der Waals surface area contributed by atoms with Gasteiger partial charge in [-0.15, -0.1) is 0 Å². The second-order valence-corrected chi connectivity index (χ2v) is 9.15. The number of aromatic amines is 1. The summed E-state index contributed by atoms with van der Waals surface area (Å²) >= 11 is 1.71. The molecule has 9 nitrogen and oxygen atoms in total. The van der Waals surface area contributed by atoms with Gasteiger partial charge in [0, 0.05) is 12.3 Å². The van der Waals surface area contributed by atoms with Crippen molar-refractivity contribution in [1.82, 2.24) is 9.55 Å². The molecular formula is C26H22FIN2O7. The second-order valence-electron chi connectivity index (χ2n) is 8.39. The highest BCUT2D eigenvalue weighted by Crippen LogP contribution is 2.53. The minimum Gasteiger partial charge on any atom is -0.448 e. The number of ether oxygens (including phenoxy) is 3. The van der Waals surface area contributed by atoms with Crippen LogP contribution in [0.4, 0.5) is 4.39 Å². The van der Waals surface area contributed by atoms with Gasteiger partial charge >= 0.3 is 17.6 Å². The number of H-pyrrole nitrogens is 1. The number of halogens is 2. The molecule has 0 bridgehead atoms. The number of nitrogens with zero attached hydrogens (tertiary/aromatic N) is 1. The Morgan fingerprint density at radius 1 is 1.05 bits per heavy atom. The van der Waals surface area contributed by atoms with E-state index >= 15 is 4.39 Å². The van der Waals surface area contributed by atoms with Crippen LogP contribution in [-0.4, -0.2) is 43.5 Å². The van der Waals surface area contributed by atoms with Gasteiger partial charge in [-0.3, -0.25) is 14.3 Å². The molecule has 3 aromatic rings. The van der Waals surface area contributed by atoms with Crippen LogP contribution in [-0.2, 0) is 14.2 Å². The minimum absolute atomic E-state index is 0.0371. The summed E-state index contributed by atoms with van der Waals surface area (Å²) in [7, 11) is 0. The standard InChI is InChI=1S/C26H22FIN2O7/c1-16(2)26(36-21(33)18-11-7-4-8-12-18)22(35-20(32)17-9-5-3-6-10-17)25(27,15-28)37-23(26)30-14-13-19(31)29-24(30)34/h3-14,22-23H,1,15H2,2H3,(H,29,31,34)/t22-,23-,25-,26-/m1/s1. The van der Waals surface area contributed by atoms with Crippen LogP contribution in [0.25, 0.3) is 0 Å². The van der Waals surface area contributed by atoms with Crippen LogP contribution in [0.15, 0.2) is 94.7 Å².